The molecule has 1 aliphatic carbocycles. The molecule has 0 aromatic heterocycles. The molecule has 0 aliphatic heterocycles. The Hall–Kier alpha value is -1.62. The number of para-hydroxylation sites is 1. The second kappa shape index (κ2) is 6.02. The first-order chi connectivity index (χ1) is 9.06. The molecule has 19 heavy (non-hydrogen) atoms. The van der Waals surface area contributed by atoms with E-state index in [1.54, 1.807) is 0 Å². The maximum Gasteiger partial charge on any atom is 0.243 e. The van der Waals surface area contributed by atoms with E-state index in [1.807, 2.05) is 32.0 Å². The third-order valence-electron chi connectivity index (χ3n) is 3.07. The summed E-state index contributed by atoms with van der Waals surface area (Å²) in [5.41, 5.74) is 3.01. The van der Waals surface area contributed by atoms with Crippen molar-refractivity contribution in [3.63, 3.8) is 0 Å². The van der Waals surface area contributed by atoms with Gasteiger partial charge < -0.3 is 16.0 Å². The fourth-order valence-electron chi connectivity index (χ4n) is 1.82. The van der Waals surface area contributed by atoms with E-state index in [0.717, 1.165) is 29.7 Å². The molecule has 5 heteroatoms. The van der Waals surface area contributed by atoms with Gasteiger partial charge in [-0.25, -0.2) is 0 Å². The quantitative estimate of drug-likeness (QED) is 0.736. The number of carbonyl (C=O) groups is 1. The van der Waals surface area contributed by atoms with Gasteiger partial charge in [-0.2, -0.15) is 0 Å². The van der Waals surface area contributed by atoms with Crippen LogP contribution in [0, 0.1) is 13.8 Å². The van der Waals surface area contributed by atoms with Crippen LogP contribution < -0.4 is 16.0 Å². The molecule has 0 saturated heterocycles. The van der Waals surface area contributed by atoms with Crippen LogP contribution >= 0.6 is 12.2 Å². The average molecular weight is 277 g/mol. The van der Waals surface area contributed by atoms with Gasteiger partial charge in [-0.15, -0.1) is 0 Å². The summed E-state index contributed by atoms with van der Waals surface area (Å²) in [6.45, 7) is 4.15. The summed E-state index contributed by atoms with van der Waals surface area (Å²) in [5, 5.41) is 9.53. The maximum atomic E-state index is 11.9. The Balaban J connectivity index is 1.81. The molecule has 4 nitrogen and oxygen atoms in total. The molecule has 0 radical (unpaired) electrons. The Morgan fingerprint density at radius 3 is 2.53 bits per heavy atom. The van der Waals surface area contributed by atoms with Crippen LogP contribution in [0.3, 0.4) is 0 Å². The second-order valence-electron chi connectivity index (χ2n) is 4.92. The van der Waals surface area contributed by atoms with Crippen molar-refractivity contribution in [2.24, 2.45) is 0 Å². The van der Waals surface area contributed by atoms with Crippen LogP contribution in [-0.2, 0) is 4.79 Å². The van der Waals surface area contributed by atoms with Gasteiger partial charge in [0.2, 0.25) is 5.91 Å². The molecular weight excluding hydrogens is 258 g/mol. The van der Waals surface area contributed by atoms with Gasteiger partial charge in [0.1, 0.15) is 0 Å². The van der Waals surface area contributed by atoms with Gasteiger partial charge in [0.25, 0.3) is 0 Å². The van der Waals surface area contributed by atoms with Crippen LogP contribution in [0.5, 0.6) is 0 Å². The highest BCUT2D eigenvalue weighted by molar-refractivity contribution is 7.80. The molecule has 3 N–H and O–H groups in total. The Labute approximate surface area is 119 Å². The van der Waals surface area contributed by atoms with Crippen LogP contribution in [0.15, 0.2) is 18.2 Å². The number of anilines is 1. The summed E-state index contributed by atoms with van der Waals surface area (Å²) in [6.07, 6.45) is 2.33. The van der Waals surface area contributed by atoms with E-state index in [-0.39, 0.29) is 12.5 Å². The third-order valence-corrected chi connectivity index (χ3v) is 3.33. The zero-order valence-electron chi connectivity index (χ0n) is 11.2. The van der Waals surface area contributed by atoms with Crippen molar-refractivity contribution in [2.75, 3.05) is 11.9 Å². The Morgan fingerprint density at radius 1 is 1.32 bits per heavy atom. The standard InChI is InChI=1S/C14H19N3OS/c1-9-4-3-5-10(2)13(9)17-12(18)8-15-14(19)16-11-6-7-11/h3-5,11H,6-8H2,1-2H3,(H,17,18)(H2,15,16,19). The minimum Gasteiger partial charge on any atom is -0.360 e. The van der Waals surface area contributed by atoms with Gasteiger partial charge in [0, 0.05) is 11.7 Å². The molecule has 1 fully saturated rings. The Kier molecular flexibility index (Phi) is 4.37. The number of nitrogens with one attached hydrogen (secondary N) is 3. The summed E-state index contributed by atoms with van der Waals surface area (Å²) >= 11 is 5.10. The van der Waals surface area contributed by atoms with E-state index < -0.39 is 0 Å². The molecule has 0 atom stereocenters. The summed E-state index contributed by atoms with van der Waals surface area (Å²) in [5.74, 6) is -0.0858. The van der Waals surface area contributed by atoms with Gasteiger partial charge in [-0.05, 0) is 50.0 Å². The molecule has 1 aromatic rings. The highest BCUT2D eigenvalue weighted by Crippen LogP contribution is 2.19. The second-order valence-corrected chi connectivity index (χ2v) is 5.32. The van der Waals surface area contributed by atoms with Crippen molar-refractivity contribution in [3.8, 4) is 0 Å². The normalized spacial score (nSPS) is 13.8. The summed E-state index contributed by atoms with van der Waals surface area (Å²) in [4.78, 5) is 11.9. The van der Waals surface area contributed by atoms with E-state index in [0.29, 0.717) is 11.2 Å². The third kappa shape index (κ3) is 4.21. The van der Waals surface area contributed by atoms with E-state index >= 15 is 0 Å². The molecule has 1 aromatic carbocycles. The Bertz CT molecular complexity index is 477. The van der Waals surface area contributed by atoms with Crippen LogP contribution in [-0.4, -0.2) is 23.6 Å². The van der Waals surface area contributed by atoms with Crippen LogP contribution in [0.4, 0.5) is 5.69 Å². The van der Waals surface area contributed by atoms with Crippen molar-refractivity contribution in [3.05, 3.63) is 29.3 Å². The number of aryl methyl sites for hydroxylation is 2. The van der Waals surface area contributed by atoms with Crippen molar-refractivity contribution in [1.82, 2.24) is 10.6 Å². The molecule has 0 unspecified atom stereocenters. The van der Waals surface area contributed by atoms with E-state index in [4.69, 9.17) is 12.2 Å². The van der Waals surface area contributed by atoms with Crippen molar-refractivity contribution < 1.29 is 4.79 Å². The Morgan fingerprint density at radius 2 is 1.95 bits per heavy atom. The van der Waals surface area contributed by atoms with Gasteiger partial charge in [-0.1, -0.05) is 18.2 Å². The lowest BCUT2D eigenvalue weighted by Gasteiger charge is -2.13. The number of hydrogen-bond donors (Lipinski definition) is 3. The van der Waals surface area contributed by atoms with Gasteiger partial charge in [0.15, 0.2) is 5.11 Å². The molecule has 1 saturated carbocycles. The molecule has 0 heterocycles. The summed E-state index contributed by atoms with van der Waals surface area (Å²) < 4.78 is 0. The van der Waals surface area contributed by atoms with Gasteiger partial charge in [-0.3, -0.25) is 4.79 Å². The molecule has 0 spiro atoms. The number of benzene rings is 1. The lowest BCUT2D eigenvalue weighted by atomic mass is 10.1. The predicted octanol–water partition coefficient (Wildman–Crippen LogP) is 1.87. The van der Waals surface area contributed by atoms with Gasteiger partial charge >= 0.3 is 0 Å². The zero-order valence-corrected chi connectivity index (χ0v) is 12.1. The fourth-order valence-corrected chi connectivity index (χ4v) is 2.06. The minimum absolute atomic E-state index is 0.0858. The SMILES string of the molecule is Cc1cccc(C)c1NC(=O)CNC(=S)NC1CC1. The number of hydrogen-bond acceptors (Lipinski definition) is 2. The smallest absolute Gasteiger partial charge is 0.243 e. The van der Waals surface area contributed by atoms with E-state index in [2.05, 4.69) is 16.0 Å². The molecule has 102 valence electrons. The molecule has 2 rings (SSSR count). The van der Waals surface area contributed by atoms with Crippen LogP contribution in [0.1, 0.15) is 24.0 Å². The number of thiocarbonyl (C=S) groups is 1. The average Bonchev–Trinajstić information content (AvgIpc) is 3.15. The largest absolute Gasteiger partial charge is 0.360 e. The van der Waals surface area contributed by atoms with Crippen molar-refractivity contribution in [2.45, 2.75) is 32.7 Å². The lowest BCUT2D eigenvalue weighted by molar-refractivity contribution is -0.115. The first-order valence-electron chi connectivity index (χ1n) is 6.46. The topological polar surface area (TPSA) is 53.2 Å². The van der Waals surface area contributed by atoms with Crippen molar-refractivity contribution in [1.29, 1.82) is 0 Å². The predicted molar refractivity (Wildman–Crippen MR) is 81.3 cm³/mol. The zero-order chi connectivity index (χ0) is 13.8. The highest BCUT2D eigenvalue weighted by atomic mass is 32.1. The van der Waals surface area contributed by atoms with Crippen molar-refractivity contribution >= 4 is 28.9 Å². The maximum absolute atomic E-state index is 11.9. The highest BCUT2D eigenvalue weighted by Gasteiger charge is 2.21. The molecule has 1 aliphatic rings. The summed E-state index contributed by atoms with van der Waals surface area (Å²) in [7, 11) is 0. The molecule has 0 bridgehead atoms. The lowest BCUT2D eigenvalue weighted by Crippen LogP contribution is -2.40. The fraction of sp³-hybridized carbons (Fsp3) is 0.429. The first kappa shape index (κ1) is 13.8. The molecular formula is C14H19N3OS. The van der Waals surface area contributed by atoms with Crippen LogP contribution in [0.25, 0.3) is 0 Å². The number of rotatable bonds is 4. The van der Waals surface area contributed by atoms with E-state index in [1.165, 1.54) is 0 Å². The molecule has 1 amide bonds. The van der Waals surface area contributed by atoms with E-state index in [9.17, 15) is 4.79 Å². The first-order valence-corrected chi connectivity index (χ1v) is 6.87. The number of carbonyl (C=O) groups excluding carboxylic acids is 1. The number of amides is 1. The monoisotopic (exact) mass is 277 g/mol. The minimum atomic E-state index is -0.0858. The summed E-state index contributed by atoms with van der Waals surface area (Å²) in [6, 6.07) is 6.44. The van der Waals surface area contributed by atoms with Gasteiger partial charge in [0.05, 0.1) is 6.54 Å². The van der Waals surface area contributed by atoms with Crippen LogP contribution in [0.2, 0.25) is 0 Å².